The van der Waals surface area contributed by atoms with E-state index in [1.165, 1.54) is 18.9 Å². The highest BCUT2D eigenvalue weighted by atomic mass is 79.9. The van der Waals surface area contributed by atoms with Crippen LogP contribution in [0.4, 0.5) is 0 Å². The number of rotatable bonds is 5. The predicted octanol–water partition coefficient (Wildman–Crippen LogP) is 2.00. The number of halogens is 1. The fourth-order valence-electron chi connectivity index (χ4n) is 2.18. The van der Waals surface area contributed by atoms with Gasteiger partial charge in [-0.05, 0) is 34.7 Å². The first-order valence-corrected chi connectivity index (χ1v) is 8.19. The second kappa shape index (κ2) is 5.73. The summed E-state index contributed by atoms with van der Waals surface area (Å²) in [6, 6.07) is 1.33. The van der Waals surface area contributed by atoms with E-state index in [1.54, 1.807) is 0 Å². The van der Waals surface area contributed by atoms with Gasteiger partial charge in [-0.15, -0.1) is 0 Å². The molecule has 102 valence electrons. The van der Waals surface area contributed by atoms with Gasteiger partial charge in [0.25, 0.3) is 0 Å². The quantitative estimate of drug-likeness (QED) is 0.861. The summed E-state index contributed by atoms with van der Waals surface area (Å²) in [4.78, 5) is 0.0459. The van der Waals surface area contributed by atoms with Gasteiger partial charge in [-0.1, -0.05) is 12.8 Å². The first-order valence-electron chi connectivity index (χ1n) is 5.91. The van der Waals surface area contributed by atoms with Crippen LogP contribution in [-0.2, 0) is 16.6 Å². The maximum atomic E-state index is 12.1. The van der Waals surface area contributed by atoms with Gasteiger partial charge in [0.2, 0.25) is 10.0 Å². The molecule has 0 aliphatic heterocycles. The van der Waals surface area contributed by atoms with Crippen LogP contribution in [0.2, 0.25) is 0 Å². The molecule has 0 saturated heterocycles. The van der Waals surface area contributed by atoms with Gasteiger partial charge >= 0.3 is 0 Å². The first kappa shape index (κ1) is 14.0. The van der Waals surface area contributed by atoms with Crippen molar-refractivity contribution in [2.24, 2.45) is 5.92 Å². The van der Waals surface area contributed by atoms with Crippen LogP contribution in [0, 0.1) is 5.92 Å². The van der Waals surface area contributed by atoms with Gasteiger partial charge in [-0.25, -0.2) is 13.1 Å². The van der Waals surface area contributed by atoms with Crippen molar-refractivity contribution >= 4 is 26.0 Å². The molecule has 1 aliphatic carbocycles. The zero-order valence-corrected chi connectivity index (χ0v) is 12.3. The average Bonchev–Trinajstić information content (AvgIpc) is 2.95. The number of aliphatic hydroxyl groups is 1. The van der Waals surface area contributed by atoms with Crippen molar-refractivity contribution in [3.05, 3.63) is 16.5 Å². The van der Waals surface area contributed by atoms with Gasteiger partial charge in [-0.2, -0.15) is 0 Å². The van der Waals surface area contributed by atoms with Gasteiger partial charge in [0.05, 0.1) is 0 Å². The van der Waals surface area contributed by atoms with Gasteiger partial charge in [0, 0.05) is 12.6 Å². The summed E-state index contributed by atoms with van der Waals surface area (Å²) < 4.78 is 31.9. The SMILES string of the molecule is O=S(=O)(NCC1CCCC1)c1cc(CO)oc1Br. The molecule has 0 bridgehead atoms. The minimum atomic E-state index is -3.57. The van der Waals surface area contributed by atoms with E-state index < -0.39 is 10.0 Å². The standard InChI is InChI=1S/C11H16BrNO4S/c12-11-10(5-9(7-14)17-11)18(15,16)13-6-8-3-1-2-4-8/h5,8,13-14H,1-4,6-7H2. The summed E-state index contributed by atoms with van der Waals surface area (Å²) in [5.74, 6) is 0.658. The smallest absolute Gasteiger partial charge is 0.244 e. The van der Waals surface area contributed by atoms with E-state index in [1.807, 2.05) is 0 Å². The third-order valence-corrected chi connectivity index (χ3v) is 5.47. The van der Waals surface area contributed by atoms with Crippen LogP contribution in [0.25, 0.3) is 0 Å². The molecule has 1 heterocycles. The van der Waals surface area contributed by atoms with Gasteiger partial charge in [0.1, 0.15) is 17.3 Å². The summed E-state index contributed by atoms with van der Waals surface area (Å²) in [5.41, 5.74) is 0. The van der Waals surface area contributed by atoms with Crippen molar-refractivity contribution in [3.8, 4) is 0 Å². The molecule has 0 unspecified atom stereocenters. The second-order valence-electron chi connectivity index (χ2n) is 4.51. The third kappa shape index (κ3) is 3.14. The van der Waals surface area contributed by atoms with Crippen LogP contribution in [-0.4, -0.2) is 20.1 Å². The molecule has 18 heavy (non-hydrogen) atoms. The molecule has 0 spiro atoms. The van der Waals surface area contributed by atoms with Crippen LogP contribution in [0.1, 0.15) is 31.4 Å². The Hall–Kier alpha value is -0.370. The number of nitrogens with one attached hydrogen (secondary N) is 1. The molecule has 0 amide bonds. The number of hydrogen-bond donors (Lipinski definition) is 2. The van der Waals surface area contributed by atoms with Crippen LogP contribution < -0.4 is 4.72 Å². The highest BCUT2D eigenvalue weighted by molar-refractivity contribution is 9.10. The van der Waals surface area contributed by atoms with Crippen molar-refractivity contribution in [3.63, 3.8) is 0 Å². The van der Waals surface area contributed by atoms with Crippen LogP contribution >= 0.6 is 15.9 Å². The molecular formula is C11H16BrNO4S. The Kier molecular flexibility index (Phi) is 4.47. The molecule has 1 fully saturated rings. The lowest BCUT2D eigenvalue weighted by Gasteiger charge is -2.10. The summed E-state index contributed by atoms with van der Waals surface area (Å²) in [7, 11) is -3.57. The Labute approximate surface area is 115 Å². The number of furan rings is 1. The minimum Gasteiger partial charge on any atom is -0.450 e. The molecule has 1 aromatic heterocycles. The lowest BCUT2D eigenvalue weighted by atomic mass is 10.1. The Morgan fingerprint density at radius 1 is 1.44 bits per heavy atom. The van der Waals surface area contributed by atoms with Crippen molar-refractivity contribution in [1.82, 2.24) is 4.72 Å². The molecule has 0 radical (unpaired) electrons. The van der Waals surface area contributed by atoms with E-state index in [4.69, 9.17) is 9.52 Å². The maximum Gasteiger partial charge on any atom is 0.244 e. The average molecular weight is 338 g/mol. The lowest BCUT2D eigenvalue weighted by Crippen LogP contribution is -2.28. The molecular weight excluding hydrogens is 322 g/mol. The van der Waals surface area contributed by atoms with Gasteiger partial charge < -0.3 is 9.52 Å². The summed E-state index contributed by atoms with van der Waals surface area (Å²) in [5, 5.41) is 8.91. The topological polar surface area (TPSA) is 79.5 Å². The lowest BCUT2D eigenvalue weighted by molar-refractivity contribution is 0.245. The summed E-state index contributed by atoms with van der Waals surface area (Å²) in [6.45, 7) is 0.144. The van der Waals surface area contributed by atoms with Crippen molar-refractivity contribution in [1.29, 1.82) is 0 Å². The normalized spacial score (nSPS) is 17.4. The van der Waals surface area contributed by atoms with Gasteiger partial charge in [0.15, 0.2) is 4.67 Å². The van der Waals surface area contributed by atoms with Crippen molar-refractivity contribution in [2.45, 2.75) is 37.2 Å². The predicted molar refractivity (Wildman–Crippen MR) is 69.5 cm³/mol. The fraction of sp³-hybridized carbons (Fsp3) is 0.636. The molecule has 1 saturated carbocycles. The molecule has 5 nitrogen and oxygen atoms in total. The summed E-state index contributed by atoms with van der Waals surface area (Å²) >= 11 is 3.05. The van der Waals surface area contributed by atoms with E-state index in [9.17, 15) is 8.42 Å². The Bertz CT molecular complexity index is 505. The second-order valence-corrected chi connectivity index (χ2v) is 6.97. The number of aliphatic hydroxyl groups excluding tert-OH is 1. The Morgan fingerprint density at radius 2 is 2.11 bits per heavy atom. The zero-order chi connectivity index (χ0) is 13.2. The Balaban J connectivity index is 2.06. The molecule has 2 N–H and O–H groups in total. The molecule has 0 atom stereocenters. The summed E-state index contributed by atoms with van der Waals surface area (Å²) in [6.07, 6.45) is 4.51. The molecule has 1 aromatic rings. The van der Waals surface area contributed by atoms with E-state index in [0.717, 1.165) is 12.8 Å². The largest absolute Gasteiger partial charge is 0.450 e. The van der Waals surface area contributed by atoms with Crippen LogP contribution in [0.3, 0.4) is 0 Å². The van der Waals surface area contributed by atoms with Gasteiger partial charge in [-0.3, -0.25) is 0 Å². The van der Waals surface area contributed by atoms with E-state index in [2.05, 4.69) is 20.7 Å². The van der Waals surface area contributed by atoms with E-state index in [0.29, 0.717) is 12.5 Å². The highest BCUT2D eigenvalue weighted by Gasteiger charge is 2.24. The Morgan fingerprint density at radius 3 is 2.67 bits per heavy atom. The number of sulfonamides is 1. The molecule has 2 rings (SSSR count). The van der Waals surface area contributed by atoms with Crippen LogP contribution in [0.15, 0.2) is 20.0 Å². The minimum absolute atomic E-state index is 0.0459. The van der Waals surface area contributed by atoms with Crippen molar-refractivity contribution < 1.29 is 17.9 Å². The third-order valence-electron chi connectivity index (χ3n) is 3.19. The molecule has 7 heteroatoms. The zero-order valence-electron chi connectivity index (χ0n) is 9.86. The molecule has 0 aromatic carbocycles. The maximum absolute atomic E-state index is 12.1. The highest BCUT2D eigenvalue weighted by Crippen LogP contribution is 2.27. The van der Waals surface area contributed by atoms with Crippen molar-refractivity contribution in [2.75, 3.05) is 6.54 Å². The number of hydrogen-bond acceptors (Lipinski definition) is 4. The first-order chi connectivity index (χ1) is 8.53. The monoisotopic (exact) mass is 337 g/mol. The van der Waals surface area contributed by atoms with E-state index in [-0.39, 0.29) is 21.9 Å². The van der Waals surface area contributed by atoms with E-state index >= 15 is 0 Å². The molecule has 1 aliphatic rings. The fourth-order valence-corrected chi connectivity index (χ4v) is 4.29. The van der Waals surface area contributed by atoms with Crippen LogP contribution in [0.5, 0.6) is 0 Å².